The van der Waals surface area contributed by atoms with Crippen LogP contribution in [0.1, 0.15) is 36.5 Å². The lowest BCUT2D eigenvalue weighted by atomic mass is 10.1. The van der Waals surface area contributed by atoms with Gasteiger partial charge < -0.3 is 11.1 Å². The van der Waals surface area contributed by atoms with E-state index in [1.54, 1.807) is 23.0 Å². The molecule has 112 valence electrons. The minimum atomic E-state index is -0.0754. The SMILES string of the molecule is CCCCC(CN)NC(=O)c1ccc(-n2cccn2)cc1. The summed E-state index contributed by atoms with van der Waals surface area (Å²) in [5.41, 5.74) is 7.27. The topological polar surface area (TPSA) is 72.9 Å². The molecule has 0 fully saturated rings. The number of carbonyl (C=O) groups is 1. The number of unbranched alkanes of at least 4 members (excludes halogenated alkanes) is 1. The van der Waals surface area contributed by atoms with Gasteiger partial charge in [0.1, 0.15) is 0 Å². The van der Waals surface area contributed by atoms with Gasteiger partial charge in [-0.25, -0.2) is 4.68 Å². The summed E-state index contributed by atoms with van der Waals surface area (Å²) in [5.74, 6) is -0.0754. The van der Waals surface area contributed by atoms with Gasteiger partial charge in [0, 0.05) is 30.5 Å². The fourth-order valence-corrected chi connectivity index (χ4v) is 2.16. The lowest BCUT2D eigenvalue weighted by Gasteiger charge is -2.16. The molecule has 0 bridgehead atoms. The highest BCUT2D eigenvalue weighted by Gasteiger charge is 2.12. The van der Waals surface area contributed by atoms with E-state index in [-0.39, 0.29) is 11.9 Å². The van der Waals surface area contributed by atoms with Crippen LogP contribution in [0.3, 0.4) is 0 Å². The Morgan fingerprint density at radius 2 is 2.14 bits per heavy atom. The third-order valence-corrected chi connectivity index (χ3v) is 3.42. The fraction of sp³-hybridized carbons (Fsp3) is 0.375. The zero-order valence-electron chi connectivity index (χ0n) is 12.3. The van der Waals surface area contributed by atoms with E-state index in [1.165, 1.54) is 0 Å². The zero-order valence-corrected chi connectivity index (χ0v) is 12.3. The van der Waals surface area contributed by atoms with Gasteiger partial charge in [-0.1, -0.05) is 19.8 Å². The second-order valence-electron chi connectivity index (χ2n) is 5.05. The molecule has 0 aliphatic heterocycles. The van der Waals surface area contributed by atoms with Gasteiger partial charge in [-0.15, -0.1) is 0 Å². The number of carbonyl (C=O) groups excluding carboxylic acids is 1. The Kier molecular flexibility index (Phi) is 5.51. The molecule has 2 rings (SSSR count). The lowest BCUT2D eigenvalue weighted by Crippen LogP contribution is -2.40. The van der Waals surface area contributed by atoms with Gasteiger partial charge in [-0.05, 0) is 36.8 Å². The van der Waals surface area contributed by atoms with E-state index in [2.05, 4.69) is 17.3 Å². The molecular weight excluding hydrogens is 264 g/mol. The number of nitrogens with zero attached hydrogens (tertiary/aromatic N) is 2. The molecule has 0 saturated carbocycles. The first-order valence-electron chi connectivity index (χ1n) is 7.35. The molecule has 1 heterocycles. The number of hydrogen-bond acceptors (Lipinski definition) is 3. The number of rotatable bonds is 7. The van der Waals surface area contributed by atoms with Gasteiger partial charge in [-0.3, -0.25) is 4.79 Å². The number of nitrogens with one attached hydrogen (secondary N) is 1. The molecule has 5 nitrogen and oxygen atoms in total. The van der Waals surface area contributed by atoms with Crippen molar-refractivity contribution in [1.82, 2.24) is 15.1 Å². The second kappa shape index (κ2) is 7.59. The number of benzene rings is 1. The maximum absolute atomic E-state index is 12.2. The predicted octanol–water partition coefficient (Wildman–Crippen LogP) is 2.12. The van der Waals surface area contributed by atoms with Crippen LogP contribution in [-0.2, 0) is 0 Å². The number of aromatic nitrogens is 2. The van der Waals surface area contributed by atoms with E-state index in [9.17, 15) is 4.79 Å². The van der Waals surface area contributed by atoms with Crippen LogP contribution >= 0.6 is 0 Å². The van der Waals surface area contributed by atoms with Gasteiger partial charge in [0.25, 0.3) is 5.91 Å². The second-order valence-corrected chi connectivity index (χ2v) is 5.05. The van der Waals surface area contributed by atoms with Crippen molar-refractivity contribution in [3.63, 3.8) is 0 Å². The largest absolute Gasteiger partial charge is 0.348 e. The van der Waals surface area contributed by atoms with Gasteiger partial charge in [0.2, 0.25) is 0 Å². The van der Waals surface area contributed by atoms with Crippen molar-refractivity contribution in [3.8, 4) is 5.69 Å². The van der Waals surface area contributed by atoms with Crippen LogP contribution in [0, 0.1) is 0 Å². The highest BCUT2D eigenvalue weighted by atomic mass is 16.1. The van der Waals surface area contributed by atoms with E-state index in [0.29, 0.717) is 12.1 Å². The molecule has 0 radical (unpaired) electrons. The maximum Gasteiger partial charge on any atom is 0.251 e. The molecular formula is C16H22N4O. The van der Waals surface area contributed by atoms with Crippen LogP contribution in [0.4, 0.5) is 0 Å². The van der Waals surface area contributed by atoms with Crippen LogP contribution in [0.15, 0.2) is 42.7 Å². The summed E-state index contributed by atoms with van der Waals surface area (Å²) in [6, 6.07) is 9.28. The van der Waals surface area contributed by atoms with Crippen LogP contribution < -0.4 is 11.1 Å². The van der Waals surface area contributed by atoms with Crippen molar-refractivity contribution in [2.75, 3.05) is 6.54 Å². The molecule has 1 aromatic carbocycles. The lowest BCUT2D eigenvalue weighted by molar-refractivity contribution is 0.0936. The third kappa shape index (κ3) is 4.16. The Morgan fingerprint density at radius 1 is 1.38 bits per heavy atom. The molecule has 5 heteroatoms. The van der Waals surface area contributed by atoms with Crippen LogP contribution in [0.5, 0.6) is 0 Å². The Balaban J connectivity index is 1.99. The monoisotopic (exact) mass is 286 g/mol. The first-order valence-corrected chi connectivity index (χ1v) is 7.35. The van der Waals surface area contributed by atoms with Crippen molar-refractivity contribution in [3.05, 3.63) is 48.3 Å². The normalized spacial score (nSPS) is 12.1. The third-order valence-electron chi connectivity index (χ3n) is 3.42. The van der Waals surface area contributed by atoms with Gasteiger partial charge >= 0.3 is 0 Å². The minimum absolute atomic E-state index is 0.0447. The van der Waals surface area contributed by atoms with Crippen LogP contribution in [0.25, 0.3) is 5.69 Å². The molecule has 0 aliphatic rings. The van der Waals surface area contributed by atoms with E-state index in [4.69, 9.17) is 5.73 Å². The maximum atomic E-state index is 12.2. The highest BCUT2D eigenvalue weighted by molar-refractivity contribution is 5.94. The van der Waals surface area contributed by atoms with Gasteiger partial charge in [0.15, 0.2) is 0 Å². The van der Waals surface area contributed by atoms with Crippen LogP contribution in [0.2, 0.25) is 0 Å². The fourth-order valence-electron chi connectivity index (χ4n) is 2.16. The Bertz CT molecular complexity index is 548. The molecule has 1 amide bonds. The first kappa shape index (κ1) is 15.3. The molecule has 0 spiro atoms. The Hall–Kier alpha value is -2.14. The van der Waals surface area contributed by atoms with Crippen molar-refractivity contribution >= 4 is 5.91 Å². The van der Waals surface area contributed by atoms with E-state index >= 15 is 0 Å². The summed E-state index contributed by atoms with van der Waals surface area (Å²) in [4.78, 5) is 12.2. The molecule has 1 aromatic heterocycles. The molecule has 0 saturated heterocycles. The molecule has 21 heavy (non-hydrogen) atoms. The smallest absolute Gasteiger partial charge is 0.251 e. The average molecular weight is 286 g/mol. The summed E-state index contributed by atoms with van der Waals surface area (Å²) < 4.78 is 1.76. The van der Waals surface area contributed by atoms with Crippen molar-refractivity contribution in [2.45, 2.75) is 32.2 Å². The van der Waals surface area contributed by atoms with E-state index in [0.717, 1.165) is 24.9 Å². The number of hydrogen-bond donors (Lipinski definition) is 2. The molecule has 1 atom stereocenters. The predicted molar refractivity (Wildman–Crippen MR) is 83.4 cm³/mol. The molecule has 0 aliphatic carbocycles. The summed E-state index contributed by atoms with van der Waals surface area (Å²) >= 11 is 0. The summed E-state index contributed by atoms with van der Waals surface area (Å²) in [7, 11) is 0. The van der Waals surface area contributed by atoms with Gasteiger partial charge in [-0.2, -0.15) is 5.10 Å². The first-order chi connectivity index (χ1) is 10.2. The van der Waals surface area contributed by atoms with Crippen molar-refractivity contribution in [2.24, 2.45) is 5.73 Å². The molecule has 3 N–H and O–H groups in total. The molecule has 2 aromatic rings. The van der Waals surface area contributed by atoms with Crippen molar-refractivity contribution < 1.29 is 4.79 Å². The number of amides is 1. The Morgan fingerprint density at radius 3 is 2.71 bits per heavy atom. The van der Waals surface area contributed by atoms with Gasteiger partial charge in [0.05, 0.1) is 5.69 Å². The zero-order chi connectivity index (χ0) is 15.1. The quantitative estimate of drug-likeness (QED) is 0.819. The van der Waals surface area contributed by atoms with E-state index in [1.807, 2.05) is 24.4 Å². The summed E-state index contributed by atoms with van der Waals surface area (Å²) in [5, 5.41) is 7.14. The number of nitrogens with two attached hydrogens (primary N) is 1. The minimum Gasteiger partial charge on any atom is -0.348 e. The standard InChI is InChI=1S/C16H22N4O/c1-2-3-5-14(12-17)19-16(21)13-6-8-15(9-7-13)20-11-4-10-18-20/h4,6-11,14H,2-3,5,12,17H2,1H3,(H,19,21). The summed E-state index contributed by atoms with van der Waals surface area (Å²) in [6.45, 7) is 2.60. The highest BCUT2D eigenvalue weighted by Crippen LogP contribution is 2.09. The van der Waals surface area contributed by atoms with E-state index < -0.39 is 0 Å². The van der Waals surface area contributed by atoms with Crippen molar-refractivity contribution in [1.29, 1.82) is 0 Å². The van der Waals surface area contributed by atoms with Crippen LogP contribution in [-0.4, -0.2) is 28.3 Å². The average Bonchev–Trinajstić information content (AvgIpc) is 3.05. The molecule has 1 unspecified atom stereocenters. The summed E-state index contributed by atoms with van der Waals surface area (Å²) in [6.07, 6.45) is 6.68. The Labute approximate surface area is 125 Å².